The van der Waals surface area contributed by atoms with Crippen molar-refractivity contribution in [3.8, 4) is 11.4 Å². The topological polar surface area (TPSA) is 70.2 Å². The third kappa shape index (κ3) is 4.32. The predicted octanol–water partition coefficient (Wildman–Crippen LogP) is 4.30. The van der Waals surface area contributed by atoms with Gasteiger partial charge in [0.05, 0.1) is 21.2 Å². The van der Waals surface area contributed by atoms with Gasteiger partial charge in [-0.2, -0.15) is 0 Å². The third-order valence-corrected chi connectivity index (χ3v) is 8.71. The molecular weight excluding hydrogens is 464 g/mol. The van der Waals surface area contributed by atoms with Gasteiger partial charge in [0.2, 0.25) is 5.16 Å². The number of aromatic nitrogens is 5. The Kier molecular flexibility index (Phi) is 6.85. The lowest BCUT2D eigenvalue weighted by Gasteiger charge is -2.20. The number of ether oxygens (including phenoxy) is 1. The number of nitrogens with one attached hydrogen (secondary N) is 1. The van der Waals surface area contributed by atoms with E-state index in [2.05, 4.69) is 47.8 Å². The van der Waals surface area contributed by atoms with Crippen molar-refractivity contribution in [2.75, 3.05) is 21.2 Å². The molecule has 0 unspecified atom stereocenters. The highest BCUT2D eigenvalue weighted by Gasteiger charge is 2.27. The number of methoxy groups -OCH3 is 1. The van der Waals surface area contributed by atoms with Gasteiger partial charge < -0.3 is 9.64 Å². The minimum atomic E-state index is 0.229. The minimum Gasteiger partial charge on any atom is -0.497 e. The molecule has 0 amide bonds. The molecule has 3 heterocycles. The third-order valence-electron chi connectivity index (χ3n) is 6.56. The second-order valence-electron chi connectivity index (χ2n) is 8.94. The zero-order valence-electron chi connectivity index (χ0n) is 20.2. The van der Waals surface area contributed by atoms with Crippen LogP contribution in [0.25, 0.3) is 15.9 Å². The molecule has 1 aliphatic rings. The van der Waals surface area contributed by atoms with Crippen molar-refractivity contribution >= 4 is 33.3 Å². The maximum atomic E-state index is 5.39. The molecule has 34 heavy (non-hydrogen) atoms. The number of hydrogen-bond donors (Lipinski definition) is 1. The molecule has 178 valence electrons. The predicted molar refractivity (Wildman–Crippen MR) is 137 cm³/mol. The quantitative estimate of drug-likeness (QED) is 0.305. The summed E-state index contributed by atoms with van der Waals surface area (Å²) in [5.74, 6) is 1.79. The lowest BCUT2D eigenvalue weighted by molar-refractivity contribution is -0.893. The largest absolute Gasteiger partial charge is 0.497 e. The molecule has 1 N–H and O–H groups in total. The van der Waals surface area contributed by atoms with Crippen molar-refractivity contribution in [1.29, 1.82) is 0 Å². The summed E-state index contributed by atoms with van der Waals surface area (Å²) in [6.45, 7) is 2.20. The summed E-state index contributed by atoms with van der Waals surface area (Å²) >= 11 is 3.43. The first kappa shape index (κ1) is 23.3. The van der Waals surface area contributed by atoms with E-state index in [0.29, 0.717) is 0 Å². The number of thiophene rings is 1. The van der Waals surface area contributed by atoms with E-state index in [4.69, 9.17) is 14.8 Å². The lowest BCUT2D eigenvalue weighted by Crippen LogP contribution is -3.06. The zero-order chi connectivity index (χ0) is 23.7. The Morgan fingerprint density at radius 1 is 1.09 bits per heavy atom. The normalized spacial score (nSPS) is 14.9. The molecule has 7 nitrogen and oxygen atoms in total. The fourth-order valence-corrected chi connectivity index (χ4v) is 7.06. The summed E-state index contributed by atoms with van der Waals surface area (Å²) in [6, 6.07) is 8.34. The molecule has 0 aliphatic heterocycles. The van der Waals surface area contributed by atoms with Crippen molar-refractivity contribution in [2.45, 2.75) is 61.7 Å². The Bertz CT molecular complexity index is 1280. The Hall–Kier alpha value is -2.49. The fraction of sp³-hybridized carbons (Fsp3) is 0.440. The lowest BCUT2D eigenvalue weighted by atomic mass is 10.1. The number of benzene rings is 1. The fourth-order valence-electron chi connectivity index (χ4n) is 4.80. The highest BCUT2D eigenvalue weighted by molar-refractivity contribution is 7.99. The molecule has 3 aromatic heterocycles. The summed E-state index contributed by atoms with van der Waals surface area (Å²) in [5, 5.41) is 12.4. The van der Waals surface area contributed by atoms with Gasteiger partial charge in [0.15, 0.2) is 5.82 Å². The molecule has 5 rings (SSSR count). The van der Waals surface area contributed by atoms with E-state index in [9.17, 15) is 0 Å². The van der Waals surface area contributed by atoms with Crippen molar-refractivity contribution in [3.63, 3.8) is 0 Å². The van der Waals surface area contributed by atoms with Crippen LogP contribution < -0.4 is 9.64 Å². The first-order chi connectivity index (χ1) is 16.6. The maximum absolute atomic E-state index is 5.39. The van der Waals surface area contributed by atoms with Gasteiger partial charge in [0.25, 0.3) is 0 Å². The van der Waals surface area contributed by atoms with Gasteiger partial charge in [-0.1, -0.05) is 13.3 Å². The van der Waals surface area contributed by atoms with Crippen LogP contribution in [0.15, 0.2) is 40.8 Å². The van der Waals surface area contributed by atoms with E-state index in [1.54, 1.807) is 25.2 Å². The Labute approximate surface area is 208 Å². The molecule has 1 aliphatic carbocycles. The second kappa shape index (κ2) is 10.0. The smallest absolute Gasteiger partial charge is 0.202 e. The van der Waals surface area contributed by atoms with Crippen LogP contribution in [0.3, 0.4) is 0 Å². The molecule has 0 saturated heterocycles. The Morgan fingerprint density at radius 3 is 2.62 bits per heavy atom. The summed E-state index contributed by atoms with van der Waals surface area (Å²) < 4.78 is 7.57. The first-order valence-corrected chi connectivity index (χ1v) is 13.6. The zero-order valence-corrected chi connectivity index (χ0v) is 21.8. The van der Waals surface area contributed by atoms with E-state index < -0.39 is 0 Å². The van der Waals surface area contributed by atoms with Crippen molar-refractivity contribution in [1.82, 2.24) is 24.7 Å². The highest BCUT2D eigenvalue weighted by atomic mass is 32.2. The van der Waals surface area contributed by atoms with E-state index in [-0.39, 0.29) is 6.04 Å². The minimum absolute atomic E-state index is 0.229. The molecule has 9 heteroatoms. The Morgan fingerprint density at radius 2 is 1.88 bits per heavy atom. The van der Waals surface area contributed by atoms with Crippen LogP contribution in [0, 0.1) is 0 Å². The summed E-state index contributed by atoms with van der Waals surface area (Å²) in [5.41, 5.74) is 2.47. The number of nitrogens with zero attached hydrogens (tertiary/aromatic N) is 5. The van der Waals surface area contributed by atoms with Gasteiger partial charge in [0.1, 0.15) is 28.0 Å². The van der Waals surface area contributed by atoms with Crippen molar-refractivity contribution in [3.05, 3.63) is 46.9 Å². The molecule has 0 bridgehead atoms. The Balaban J connectivity index is 1.63. The summed E-state index contributed by atoms with van der Waals surface area (Å²) in [4.78, 5) is 13.3. The van der Waals surface area contributed by atoms with Crippen LogP contribution in [0.5, 0.6) is 5.75 Å². The molecule has 4 aromatic rings. The average molecular weight is 496 g/mol. The van der Waals surface area contributed by atoms with Gasteiger partial charge in [0, 0.05) is 22.4 Å². The highest BCUT2D eigenvalue weighted by Crippen LogP contribution is 2.41. The summed E-state index contributed by atoms with van der Waals surface area (Å²) in [7, 11) is 6.03. The van der Waals surface area contributed by atoms with Gasteiger partial charge in [-0.05, 0) is 67.3 Å². The van der Waals surface area contributed by atoms with E-state index >= 15 is 0 Å². The standard InChI is InChI=1S/C25H30N6OS2/c1-5-19(30(2)3)22-28-29-25(31(22)16-11-13-17(32-4)14-12-16)34-24-21-18-9-7-6-8-10-20(18)33-23(21)26-15-27-24/h11-15,19H,5-10H2,1-4H3/p+1/t19-/m1/s1. The molecule has 0 saturated carbocycles. The van der Waals surface area contributed by atoms with Gasteiger partial charge >= 0.3 is 0 Å². The van der Waals surface area contributed by atoms with Gasteiger partial charge in [-0.25, -0.2) is 9.97 Å². The molecule has 0 radical (unpaired) electrons. The summed E-state index contributed by atoms with van der Waals surface area (Å²) in [6.07, 6.45) is 8.69. The van der Waals surface area contributed by atoms with Crippen LogP contribution in [0.4, 0.5) is 0 Å². The molecule has 1 atom stereocenters. The molecule has 0 fully saturated rings. The number of aryl methyl sites for hydroxylation is 2. The molecule has 1 aromatic carbocycles. The van der Waals surface area contributed by atoms with Crippen LogP contribution in [-0.2, 0) is 12.8 Å². The molecule has 0 spiro atoms. The second-order valence-corrected chi connectivity index (χ2v) is 11.0. The van der Waals surface area contributed by atoms with Crippen LogP contribution in [-0.4, -0.2) is 45.9 Å². The van der Waals surface area contributed by atoms with Crippen LogP contribution >= 0.6 is 23.1 Å². The maximum Gasteiger partial charge on any atom is 0.202 e. The van der Waals surface area contributed by atoms with E-state index in [0.717, 1.165) is 51.5 Å². The monoisotopic (exact) mass is 495 g/mol. The SMILES string of the molecule is CC[C@H](c1nnc(Sc2ncnc3sc4c(c23)CCCCC4)n1-c1ccc(OC)cc1)[NH+](C)C. The first-order valence-electron chi connectivity index (χ1n) is 11.9. The van der Waals surface area contributed by atoms with E-state index in [1.165, 1.54) is 40.0 Å². The number of hydrogen-bond acceptors (Lipinski definition) is 7. The van der Waals surface area contributed by atoms with Crippen molar-refractivity contribution < 1.29 is 9.64 Å². The number of rotatable bonds is 7. The van der Waals surface area contributed by atoms with Gasteiger partial charge in [-0.3, -0.25) is 4.57 Å². The van der Waals surface area contributed by atoms with Crippen LogP contribution in [0.2, 0.25) is 0 Å². The van der Waals surface area contributed by atoms with E-state index in [1.807, 2.05) is 23.5 Å². The average Bonchev–Trinajstić information content (AvgIpc) is 3.33. The van der Waals surface area contributed by atoms with Crippen LogP contribution in [0.1, 0.15) is 54.9 Å². The number of fused-ring (bicyclic) bond motifs is 3. The molecular formula is C25H31N6OS2+. The van der Waals surface area contributed by atoms with Crippen molar-refractivity contribution in [2.24, 2.45) is 0 Å². The number of quaternary nitrogens is 1. The van der Waals surface area contributed by atoms with Gasteiger partial charge in [-0.15, -0.1) is 21.5 Å².